The lowest BCUT2D eigenvalue weighted by atomic mass is 9.57. The Kier molecular flexibility index (Phi) is 5.13. The first-order valence-electron chi connectivity index (χ1n) is 11.1. The third kappa shape index (κ3) is 3.67. The zero-order chi connectivity index (χ0) is 21.4. The van der Waals surface area contributed by atoms with Crippen molar-refractivity contribution in [3.63, 3.8) is 0 Å². The average molecular weight is 423 g/mol. The molecule has 4 heterocycles. The van der Waals surface area contributed by atoms with E-state index in [-0.39, 0.29) is 5.95 Å². The van der Waals surface area contributed by atoms with Gasteiger partial charge in [0.1, 0.15) is 22.5 Å². The van der Waals surface area contributed by atoms with Crippen molar-refractivity contribution in [2.45, 2.75) is 45.1 Å². The number of nitrogens with one attached hydrogen (secondary N) is 2. The second-order valence-electron chi connectivity index (χ2n) is 8.87. The van der Waals surface area contributed by atoms with Gasteiger partial charge in [-0.15, -0.1) is 0 Å². The van der Waals surface area contributed by atoms with Crippen LogP contribution in [0, 0.1) is 5.41 Å². The molecule has 1 aliphatic carbocycles. The summed E-state index contributed by atoms with van der Waals surface area (Å²) < 4.78 is 7.57. The number of anilines is 2. The SMILES string of the molecule is CCCCNc1nc(N)nc2cnn(Cc3ncc(C4CC5(CNC5)C4)cc3OC)c12. The summed E-state index contributed by atoms with van der Waals surface area (Å²) in [7, 11) is 1.70. The van der Waals surface area contributed by atoms with Crippen molar-refractivity contribution in [1.82, 2.24) is 30.0 Å². The van der Waals surface area contributed by atoms with Crippen molar-refractivity contribution in [2.75, 3.05) is 37.8 Å². The molecule has 5 rings (SSSR count). The van der Waals surface area contributed by atoms with E-state index in [0.717, 1.165) is 55.0 Å². The highest BCUT2D eigenvalue weighted by atomic mass is 16.5. The zero-order valence-corrected chi connectivity index (χ0v) is 18.2. The van der Waals surface area contributed by atoms with Crippen LogP contribution in [0.4, 0.5) is 11.8 Å². The van der Waals surface area contributed by atoms with Crippen LogP contribution < -0.4 is 21.1 Å². The highest BCUT2D eigenvalue weighted by molar-refractivity contribution is 5.86. The number of nitrogens with two attached hydrogens (primary N) is 1. The van der Waals surface area contributed by atoms with Gasteiger partial charge in [-0.25, -0.2) is 4.98 Å². The molecule has 4 N–H and O–H groups in total. The molecule has 2 aliphatic rings. The van der Waals surface area contributed by atoms with Crippen molar-refractivity contribution in [2.24, 2.45) is 5.41 Å². The maximum absolute atomic E-state index is 5.90. The van der Waals surface area contributed by atoms with Crippen LogP contribution in [0.1, 0.15) is 49.8 Å². The summed E-state index contributed by atoms with van der Waals surface area (Å²) in [6.07, 6.45) is 8.34. The molecule has 0 radical (unpaired) electrons. The predicted molar refractivity (Wildman–Crippen MR) is 120 cm³/mol. The van der Waals surface area contributed by atoms with Crippen LogP contribution in [0.25, 0.3) is 11.0 Å². The molecule has 3 aromatic rings. The number of ether oxygens (including phenoxy) is 1. The first kappa shape index (κ1) is 20.0. The van der Waals surface area contributed by atoms with Crippen LogP contribution in [0.3, 0.4) is 0 Å². The standard InChI is InChI=1S/C22H30N8O/c1-3-4-5-25-20-19-16(28-21(23)29-20)10-27-30(19)11-17-18(31-2)6-14(9-26-17)15-7-22(8-15)12-24-13-22/h6,9-10,15,24H,3-5,7-8,11-13H2,1-2H3,(H3,23,25,28,29). The lowest BCUT2D eigenvalue weighted by Gasteiger charge is -2.54. The number of unbranched alkanes of at least 4 members (excludes halogenated alkanes) is 1. The second-order valence-corrected chi connectivity index (χ2v) is 8.87. The van der Waals surface area contributed by atoms with Crippen LogP contribution in [0.2, 0.25) is 0 Å². The molecule has 9 heteroatoms. The molecule has 0 atom stereocenters. The summed E-state index contributed by atoms with van der Waals surface area (Å²) in [4.78, 5) is 13.5. The van der Waals surface area contributed by atoms with Crippen molar-refractivity contribution < 1.29 is 4.74 Å². The lowest BCUT2D eigenvalue weighted by Crippen LogP contribution is -2.59. The first-order valence-corrected chi connectivity index (χ1v) is 11.1. The number of aromatic nitrogens is 5. The lowest BCUT2D eigenvalue weighted by molar-refractivity contribution is 0.0361. The smallest absolute Gasteiger partial charge is 0.222 e. The van der Waals surface area contributed by atoms with E-state index < -0.39 is 0 Å². The molecule has 1 saturated carbocycles. The van der Waals surface area contributed by atoms with E-state index in [2.05, 4.69) is 38.7 Å². The molecule has 0 amide bonds. The quantitative estimate of drug-likeness (QED) is 0.474. The van der Waals surface area contributed by atoms with Gasteiger partial charge in [0.15, 0.2) is 5.82 Å². The van der Waals surface area contributed by atoms with E-state index >= 15 is 0 Å². The van der Waals surface area contributed by atoms with Gasteiger partial charge in [0.25, 0.3) is 0 Å². The minimum atomic E-state index is 0.242. The number of rotatable bonds is 8. The third-order valence-corrected chi connectivity index (χ3v) is 6.63. The minimum Gasteiger partial charge on any atom is -0.495 e. The van der Waals surface area contributed by atoms with Gasteiger partial charge in [0, 0.05) is 25.8 Å². The molecular weight excluding hydrogens is 392 g/mol. The van der Waals surface area contributed by atoms with E-state index in [4.69, 9.17) is 15.5 Å². The molecular formula is C22H30N8O. The van der Waals surface area contributed by atoms with E-state index in [0.29, 0.717) is 23.7 Å². The summed E-state index contributed by atoms with van der Waals surface area (Å²) in [5.74, 6) is 2.32. The summed E-state index contributed by atoms with van der Waals surface area (Å²) >= 11 is 0. The normalized spacial score (nSPS) is 17.5. The second kappa shape index (κ2) is 7.96. The monoisotopic (exact) mass is 422 g/mol. The van der Waals surface area contributed by atoms with Crippen LogP contribution in [-0.4, -0.2) is 51.5 Å². The molecule has 2 fully saturated rings. The van der Waals surface area contributed by atoms with Crippen molar-refractivity contribution in [1.29, 1.82) is 0 Å². The van der Waals surface area contributed by atoms with Gasteiger partial charge in [0.05, 0.1) is 19.9 Å². The number of pyridine rings is 1. The van der Waals surface area contributed by atoms with Crippen LogP contribution in [-0.2, 0) is 6.54 Å². The van der Waals surface area contributed by atoms with E-state index in [1.54, 1.807) is 13.3 Å². The summed E-state index contributed by atoms with van der Waals surface area (Å²) in [6.45, 7) is 5.76. The van der Waals surface area contributed by atoms with Gasteiger partial charge in [-0.1, -0.05) is 13.3 Å². The molecule has 164 valence electrons. The first-order chi connectivity index (χ1) is 15.1. The van der Waals surface area contributed by atoms with Crippen molar-refractivity contribution in [3.05, 3.63) is 29.7 Å². The fraction of sp³-hybridized carbons (Fsp3) is 0.545. The summed E-state index contributed by atoms with van der Waals surface area (Å²) in [6, 6.07) is 2.15. The van der Waals surface area contributed by atoms with Gasteiger partial charge >= 0.3 is 0 Å². The van der Waals surface area contributed by atoms with E-state index in [9.17, 15) is 0 Å². The Hall–Kier alpha value is -2.94. The number of methoxy groups -OCH3 is 1. The van der Waals surface area contributed by atoms with Gasteiger partial charge in [-0.2, -0.15) is 10.1 Å². The van der Waals surface area contributed by atoms with Crippen molar-refractivity contribution >= 4 is 22.8 Å². The summed E-state index contributed by atoms with van der Waals surface area (Å²) in [5, 5.41) is 11.3. The average Bonchev–Trinajstić information content (AvgIpc) is 3.09. The Balaban J connectivity index is 1.40. The van der Waals surface area contributed by atoms with Crippen molar-refractivity contribution in [3.8, 4) is 5.75 Å². The fourth-order valence-electron chi connectivity index (χ4n) is 4.78. The number of nitrogens with zero attached hydrogens (tertiary/aromatic N) is 5. The topological polar surface area (TPSA) is 116 Å². The highest BCUT2D eigenvalue weighted by Crippen LogP contribution is 2.53. The Bertz CT molecular complexity index is 1080. The maximum Gasteiger partial charge on any atom is 0.222 e. The van der Waals surface area contributed by atoms with E-state index in [1.807, 2.05) is 10.9 Å². The summed E-state index contributed by atoms with van der Waals surface area (Å²) in [5.41, 5.74) is 10.1. The highest BCUT2D eigenvalue weighted by Gasteiger charge is 2.48. The van der Waals surface area contributed by atoms with Crippen LogP contribution in [0.5, 0.6) is 5.75 Å². The fourth-order valence-corrected chi connectivity index (χ4v) is 4.78. The number of hydrogen-bond acceptors (Lipinski definition) is 8. The largest absolute Gasteiger partial charge is 0.495 e. The van der Waals surface area contributed by atoms with Crippen LogP contribution >= 0.6 is 0 Å². The molecule has 9 nitrogen and oxygen atoms in total. The Morgan fingerprint density at radius 3 is 2.84 bits per heavy atom. The molecule has 1 spiro atoms. The van der Waals surface area contributed by atoms with Gasteiger partial charge in [-0.05, 0) is 42.2 Å². The molecule has 1 aliphatic heterocycles. The molecule has 0 bridgehead atoms. The zero-order valence-electron chi connectivity index (χ0n) is 18.2. The Labute approximate surface area is 181 Å². The Morgan fingerprint density at radius 2 is 2.13 bits per heavy atom. The Morgan fingerprint density at radius 1 is 1.29 bits per heavy atom. The van der Waals surface area contributed by atoms with Gasteiger partial charge in [0.2, 0.25) is 5.95 Å². The van der Waals surface area contributed by atoms with Gasteiger partial charge in [-0.3, -0.25) is 9.67 Å². The number of hydrogen-bond donors (Lipinski definition) is 3. The van der Waals surface area contributed by atoms with Crippen LogP contribution in [0.15, 0.2) is 18.5 Å². The minimum absolute atomic E-state index is 0.242. The molecule has 0 unspecified atom stereocenters. The molecule has 0 aromatic carbocycles. The molecule has 1 saturated heterocycles. The van der Waals surface area contributed by atoms with E-state index in [1.165, 1.54) is 18.4 Å². The molecule has 3 aromatic heterocycles. The third-order valence-electron chi connectivity index (χ3n) is 6.63. The predicted octanol–water partition coefficient (Wildman–Crippen LogP) is 2.54. The maximum atomic E-state index is 5.90. The number of nitrogen functional groups attached to an aromatic ring is 1. The van der Waals surface area contributed by atoms with Gasteiger partial charge < -0.3 is 21.1 Å². The molecule has 31 heavy (non-hydrogen) atoms. The number of fused-ring (bicyclic) bond motifs is 1.